The van der Waals surface area contributed by atoms with E-state index < -0.39 is 5.97 Å². The van der Waals surface area contributed by atoms with Crippen LogP contribution in [0.4, 0.5) is 0 Å². The van der Waals surface area contributed by atoms with Crippen LogP contribution in [0.25, 0.3) is 0 Å². The van der Waals surface area contributed by atoms with Crippen LogP contribution < -0.4 is 5.32 Å². The van der Waals surface area contributed by atoms with Gasteiger partial charge in [-0.2, -0.15) is 0 Å². The highest BCUT2D eigenvalue weighted by Gasteiger charge is 2.12. The fraction of sp³-hybridized carbons (Fsp3) is 0.538. The van der Waals surface area contributed by atoms with Crippen LogP contribution >= 0.6 is 11.3 Å². The van der Waals surface area contributed by atoms with Gasteiger partial charge < -0.3 is 10.4 Å². The second-order valence-electron chi connectivity index (χ2n) is 4.46. The Morgan fingerprint density at radius 3 is 2.61 bits per heavy atom. The molecule has 0 aliphatic heterocycles. The van der Waals surface area contributed by atoms with Crippen molar-refractivity contribution in [2.24, 2.45) is 5.92 Å². The van der Waals surface area contributed by atoms with Crippen molar-refractivity contribution in [3.05, 3.63) is 21.4 Å². The molecule has 0 saturated heterocycles. The molecule has 5 heteroatoms. The lowest BCUT2D eigenvalue weighted by Crippen LogP contribution is -2.25. The normalized spacial score (nSPS) is 12.2. The highest BCUT2D eigenvalue weighted by molar-refractivity contribution is 7.12. The Kier molecular flexibility index (Phi) is 5.34. The quantitative estimate of drug-likeness (QED) is 0.780. The highest BCUT2D eigenvalue weighted by atomic mass is 32.1. The molecule has 18 heavy (non-hydrogen) atoms. The lowest BCUT2D eigenvalue weighted by molar-refractivity contribution is -0.141. The molecule has 0 aliphatic carbocycles. The number of aryl methyl sites for hydroxylation is 2. The first-order valence-corrected chi connectivity index (χ1v) is 6.81. The standard InChI is InChI=1S/C13H19NO3S/c1-8(13(16)17)5-4-6-14-12(15)11-7-9(2)18-10(11)3/h7-8H,4-6H2,1-3H3,(H,14,15)(H,16,17). The zero-order valence-electron chi connectivity index (χ0n) is 10.9. The maximum atomic E-state index is 11.8. The van der Waals surface area contributed by atoms with Crippen LogP contribution in [0.1, 0.15) is 39.9 Å². The third-order valence-electron chi connectivity index (χ3n) is 2.81. The summed E-state index contributed by atoms with van der Waals surface area (Å²) in [7, 11) is 0. The van der Waals surface area contributed by atoms with Gasteiger partial charge in [0, 0.05) is 16.3 Å². The van der Waals surface area contributed by atoms with E-state index in [4.69, 9.17) is 5.11 Å². The maximum absolute atomic E-state index is 11.8. The Labute approximate surface area is 111 Å². The first-order chi connectivity index (χ1) is 8.41. The maximum Gasteiger partial charge on any atom is 0.306 e. The molecule has 1 unspecified atom stereocenters. The summed E-state index contributed by atoms with van der Waals surface area (Å²) in [4.78, 5) is 24.6. The van der Waals surface area contributed by atoms with Crippen molar-refractivity contribution in [1.29, 1.82) is 0 Å². The van der Waals surface area contributed by atoms with Crippen molar-refractivity contribution in [2.75, 3.05) is 6.54 Å². The van der Waals surface area contributed by atoms with Crippen molar-refractivity contribution in [3.63, 3.8) is 0 Å². The van der Waals surface area contributed by atoms with Crippen LogP contribution in [0.2, 0.25) is 0 Å². The van der Waals surface area contributed by atoms with Gasteiger partial charge in [-0.15, -0.1) is 11.3 Å². The van der Waals surface area contributed by atoms with E-state index in [0.717, 1.165) is 15.3 Å². The number of carbonyl (C=O) groups is 2. The number of carboxylic acids is 1. The molecule has 1 atom stereocenters. The molecule has 0 bridgehead atoms. The second-order valence-corrected chi connectivity index (χ2v) is 5.92. The molecule has 100 valence electrons. The van der Waals surface area contributed by atoms with Gasteiger partial charge in [-0.1, -0.05) is 6.92 Å². The second kappa shape index (κ2) is 6.54. The summed E-state index contributed by atoms with van der Waals surface area (Å²) in [6, 6.07) is 1.88. The molecule has 0 fully saturated rings. The van der Waals surface area contributed by atoms with Crippen molar-refractivity contribution in [3.8, 4) is 0 Å². The van der Waals surface area contributed by atoms with Crippen molar-refractivity contribution in [2.45, 2.75) is 33.6 Å². The van der Waals surface area contributed by atoms with Gasteiger partial charge in [0.25, 0.3) is 5.91 Å². The Hall–Kier alpha value is -1.36. The zero-order chi connectivity index (χ0) is 13.7. The van der Waals surface area contributed by atoms with Crippen LogP contribution in [0, 0.1) is 19.8 Å². The number of aliphatic carboxylic acids is 1. The fourth-order valence-corrected chi connectivity index (χ4v) is 2.61. The Balaban J connectivity index is 2.34. The molecule has 1 rings (SSSR count). The number of amides is 1. The summed E-state index contributed by atoms with van der Waals surface area (Å²) >= 11 is 1.61. The van der Waals surface area contributed by atoms with Gasteiger partial charge in [0.05, 0.1) is 11.5 Å². The fourth-order valence-electron chi connectivity index (χ4n) is 1.69. The Bertz CT molecular complexity index is 439. The summed E-state index contributed by atoms with van der Waals surface area (Å²) in [5, 5.41) is 11.5. The number of rotatable bonds is 6. The van der Waals surface area contributed by atoms with Gasteiger partial charge in [0.2, 0.25) is 0 Å². The molecule has 1 heterocycles. The van der Waals surface area contributed by atoms with Gasteiger partial charge in [-0.25, -0.2) is 0 Å². The molecule has 0 aromatic carbocycles. The molecule has 0 saturated carbocycles. The van der Waals surface area contributed by atoms with Crippen LogP contribution in [-0.2, 0) is 4.79 Å². The van der Waals surface area contributed by atoms with E-state index in [1.54, 1.807) is 18.3 Å². The minimum absolute atomic E-state index is 0.0696. The van der Waals surface area contributed by atoms with Crippen LogP contribution in [-0.4, -0.2) is 23.5 Å². The average molecular weight is 269 g/mol. The minimum atomic E-state index is -0.786. The van der Waals surface area contributed by atoms with Crippen molar-refractivity contribution in [1.82, 2.24) is 5.32 Å². The highest BCUT2D eigenvalue weighted by Crippen LogP contribution is 2.20. The number of hydrogen-bond donors (Lipinski definition) is 2. The predicted octanol–water partition coefficient (Wildman–Crippen LogP) is 2.60. The average Bonchev–Trinajstić information content (AvgIpc) is 2.63. The van der Waals surface area contributed by atoms with E-state index in [0.29, 0.717) is 19.4 Å². The lowest BCUT2D eigenvalue weighted by Gasteiger charge is -2.07. The monoisotopic (exact) mass is 269 g/mol. The molecule has 0 aliphatic rings. The summed E-state index contributed by atoms with van der Waals surface area (Å²) in [5.74, 6) is -1.21. The first kappa shape index (κ1) is 14.7. The van der Waals surface area contributed by atoms with E-state index in [1.165, 1.54) is 0 Å². The van der Waals surface area contributed by atoms with Gasteiger partial charge in [0.15, 0.2) is 0 Å². The van der Waals surface area contributed by atoms with Gasteiger partial charge in [-0.05, 0) is 32.8 Å². The molecule has 0 radical (unpaired) electrons. The number of carbonyl (C=O) groups excluding carboxylic acids is 1. The largest absolute Gasteiger partial charge is 0.481 e. The Morgan fingerprint density at radius 2 is 2.11 bits per heavy atom. The summed E-state index contributed by atoms with van der Waals surface area (Å²) in [6.45, 7) is 6.10. The summed E-state index contributed by atoms with van der Waals surface area (Å²) in [5.41, 5.74) is 0.726. The molecular weight excluding hydrogens is 250 g/mol. The third-order valence-corrected chi connectivity index (χ3v) is 3.77. The van der Waals surface area contributed by atoms with Gasteiger partial charge in [-0.3, -0.25) is 9.59 Å². The molecule has 1 aromatic heterocycles. The number of hydrogen-bond acceptors (Lipinski definition) is 3. The third kappa shape index (κ3) is 4.14. The molecular formula is C13H19NO3S. The SMILES string of the molecule is Cc1cc(C(=O)NCCCC(C)C(=O)O)c(C)s1. The van der Waals surface area contributed by atoms with E-state index >= 15 is 0 Å². The lowest BCUT2D eigenvalue weighted by atomic mass is 10.1. The topological polar surface area (TPSA) is 66.4 Å². The number of nitrogens with one attached hydrogen (secondary N) is 1. The summed E-state index contributed by atoms with van der Waals surface area (Å²) in [6.07, 6.45) is 1.26. The number of thiophene rings is 1. The molecule has 2 N–H and O–H groups in total. The van der Waals surface area contributed by atoms with E-state index in [2.05, 4.69) is 5.32 Å². The zero-order valence-corrected chi connectivity index (χ0v) is 11.8. The van der Waals surface area contributed by atoms with Crippen LogP contribution in [0.15, 0.2) is 6.07 Å². The molecule has 1 aromatic rings. The minimum Gasteiger partial charge on any atom is -0.481 e. The van der Waals surface area contributed by atoms with E-state index in [9.17, 15) is 9.59 Å². The van der Waals surface area contributed by atoms with Gasteiger partial charge >= 0.3 is 5.97 Å². The van der Waals surface area contributed by atoms with E-state index in [1.807, 2.05) is 19.9 Å². The van der Waals surface area contributed by atoms with Crippen molar-refractivity contribution < 1.29 is 14.7 Å². The van der Waals surface area contributed by atoms with Gasteiger partial charge in [0.1, 0.15) is 0 Å². The Morgan fingerprint density at radius 1 is 1.44 bits per heavy atom. The smallest absolute Gasteiger partial charge is 0.306 e. The van der Waals surface area contributed by atoms with E-state index in [-0.39, 0.29) is 11.8 Å². The summed E-state index contributed by atoms with van der Waals surface area (Å²) < 4.78 is 0. The molecule has 0 spiro atoms. The number of carboxylic acid groups (broad SMARTS) is 1. The van der Waals surface area contributed by atoms with Crippen LogP contribution in [0.5, 0.6) is 0 Å². The van der Waals surface area contributed by atoms with Crippen LogP contribution in [0.3, 0.4) is 0 Å². The molecule has 4 nitrogen and oxygen atoms in total. The predicted molar refractivity (Wildman–Crippen MR) is 72.2 cm³/mol. The molecule has 1 amide bonds. The first-order valence-electron chi connectivity index (χ1n) is 6.00. The van der Waals surface area contributed by atoms with Crippen molar-refractivity contribution >= 4 is 23.2 Å².